The van der Waals surface area contributed by atoms with Gasteiger partial charge >= 0.3 is 0 Å². The molecular weight excluding hydrogens is 448 g/mol. The monoisotopic (exact) mass is 502 g/mol. The molecule has 2 heteroatoms. The van der Waals surface area contributed by atoms with Crippen LogP contribution in [-0.4, -0.2) is 0 Å². The maximum absolute atomic E-state index is 4.63. The Bertz CT molecular complexity index is 954. The highest BCUT2D eigenvalue weighted by atomic mass is 15.1. The first-order chi connectivity index (χ1) is 18.1. The van der Waals surface area contributed by atoms with E-state index in [9.17, 15) is 0 Å². The van der Waals surface area contributed by atoms with Crippen molar-refractivity contribution in [3.63, 3.8) is 0 Å². The van der Waals surface area contributed by atoms with E-state index >= 15 is 0 Å². The molecule has 0 saturated carbocycles. The summed E-state index contributed by atoms with van der Waals surface area (Å²) in [5.41, 5.74) is 9.13. The molecule has 0 unspecified atom stereocenters. The van der Waals surface area contributed by atoms with Crippen molar-refractivity contribution in [2.45, 2.75) is 137 Å². The minimum atomic E-state index is 0.953. The lowest BCUT2D eigenvalue weighted by atomic mass is 9.96. The number of aryl methyl sites for hydroxylation is 4. The molecule has 2 aromatic rings. The van der Waals surface area contributed by atoms with Crippen molar-refractivity contribution in [3.8, 4) is 0 Å². The van der Waals surface area contributed by atoms with Crippen molar-refractivity contribution < 1.29 is 0 Å². The lowest BCUT2D eigenvalue weighted by molar-refractivity contribution is 0.606. The lowest BCUT2D eigenvalue weighted by Gasteiger charge is -2.10. The first kappa shape index (κ1) is 31.0. The van der Waals surface area contributed by atoms with Crippen LogP contribution in [0.1, 0.15) is 139 Å². The number of unbranched alkanes of at least 4 members (excludes halogenated alkanes) is 9. The van der Waals surface area contributed by atoms with Crippen LogP contribution >= 0.6 is 0 Å². The molecule has 37 heavy (non-hydrogen) atoms. The van der Waals surface area contributed by atoms with Gasteiger partial charge in [0.25, 0.3) is 0 Å². The predicted molar refractivity (Wildman–Crippen MR) is 164 cm³/mol. The van der Waals surface area contributed by atoms with Crippen LogP contribution in [-0.2, 0) is 25.7 Å². The van der Waals surface area contributed by atoms with E-state index in [1.807, 2.05) is 0 Å². The van der Waals surface area contributed by atoms with E-state index in [4.69, 9.17) is 0 Å². The van der Waals surface area contributed by atoms with Gasteiger partial charge in [0.2, 0.25) is 0 Å². The molecule has 0 aliphatic rings. The molecule has 0 aliphatic carbocycles. The molecule has 2 rings (SSSR count). The molecule has 0 amide bonds. The van der Waals surface area contributed by atoms with Gasteiger partial charge in [-0.25, -0.2) is 0 Å². The summed E-state index contributed by atoms with van der Waals surface area (Å²) in [6.45, 7) is 11.2. The van der Waals surface area contributed by atoms with Crippen molar-refractivity contribution in [3.05, 3.63) is 69.9 Å². The van der Waals surface area contributed by atoms with Crippen molar-refractivity contribution in [2.24, 2.45) is 10.2 Å². The maximum atomic E-state index is 4.63. The summed E-state index contributed by atoms with van der Waals surface area (Å²) < 4.78 is 0. The van der Waals surface area contributed by atoms with Gasteiger partial charge in [-0.1, -0.05) is 110 Å². The lowest BCUT2D eigenvalue weighted by Crippen LogP contribution is -1.95. The number of hydrogen-bond donors (Lipinski definition) is 0. The summed E-state index contributed by atoms with van der Waals surface area (Å²) in [4.78, 5) is 0. The van der Waals surface area contributed by atoms with Crippen LogP contribution in [0.4, 0.5) is 5.69 Å². The van der Waals surface area contributed by atoms with Crippen LogP contribution < -0.4 is 0 Å². The third-order valence-electron chi connectivity index (χ3n) is 7.40. The van der Waals surface area contributed by atoms with Gasteiger partial charge in [0.1, 0.15) is 0 Å². The van der Waals surface area contributed by atoms with Gasteiger partial charge in [-0.2, -0.15) is 10.2 Å². The van der Waals surface area contributed by atoms with Crippen LogP contribution in [0, 0.1) is 0 Å². The van der Waals surface area contributed by atoms with E-state index in [2.05, 4.69) is 87.3 Å². The predicted octanol–water partition coefficient (Wildman–Crippen LogP) is 11.8. The normalized spacial score (nSPS) is 12.1. The first-order valence-corrected chi connectivity index (χ1v) is 15.4. The van der Waals surface area contributed by atoms with Gasteiger partial charge in [0, 0.05) is 0 Å². The molecule has 0 heterocycles. The third-order valence-corrected chi connectivity index (χ3v) is 7.40. The largest absolute Gasteiger partial charge is 0.155 e. The molecule has 0 bridgehead atoms. The molecule has 204 valence electrons. The Labute approximate surface area is 229 Å². The Morgan fingerprint density at radius 3 is 1.84 bits per heavy atom. The number of rotatable bonds is 19. The van der Waals surface area contributed by atoms with Crippen molar-refractivity contribution in [1.82, 2.24) is 0 Å². The maximum Gasteiger partial charge on any atom is 0.0859 e. The van der Waals surface area contributed by atoms with Gasteiger partial charge in [-0.3, -0.25) is 0 Å². The fourth-order valence-corrected chi connectivity index (χ4v) is 5.08. The highest BCUT2D eigenvalue weighted by Gasteiger charge is 2.06. The Kier molecular flexibility index (Phi) is 15.9. The fraction of sp³-hybridized carbons (Fsp3) is 0.600. The van der Waals surface area contributed by atoms with E-state index in [0.717, 1.165) is 24.2 Å². The molecule has 2 aromatic carbocycles. The molecule has 0 aliphatic heterocycles. The Balaban J connectivity index is 2.07. The molecule has 0 fully saturated rings. The van der Waals surface area contributed by atoms with Gasteiger partial charge in [-0.15, -0.1) is 0 Å². The van der Waals surface area contributed by atoms with Gasteiger partial charge in [0.05, 0.1) is 11.4 Å². The minimum Gasteiger partial charge on any atom is -0.155 e. The molecule has 0 radical (unpaired) electrons. The van der Waals surface area contributed by atoms with Crippen LogP contribution in [0.3, 0.4) is 0 Å². The molecule has 0 aromatic heterocycles. The zero-order chi connectivity index (χ0) is 26.7. The summed E-state index contributed by atoms with van der Waals surface area (Å²) >= 11 is 0. The topological polar surface area (TPSA) is 24.7 Å². The summed E-state index contributed by atoms with van der Waals surface area (Å²) in [5.74, 6) is 0. The molecular formula is C35H54N2. The summed E-state index contributed by atoms with van der Waals surface area (Å²) in [7, 11) is 0. The Hall–Kier alpha value is -2.22. The molecule has 0 N–H and O–H groups in total. The quantitative estimate of drug-likeness (QED) is 0.135. The summed E-state index contributed by atoms with van der Waals surface area (Å²) in [5, 5.41) is 9.22. The third kappa shape index (κ3) is 12.2. The minimum absolute atomic E-state index is 0.953. The SMILES string of the molecule is CCCCCCCCc1cc(C=C(C)N=Nc2ccc(CCCC)c(CCCCCC)c2)ccc1CC. The van der Waals surface area contributed by atoms with Gasteiger partial charge in [-0.05, 0) is 97.9 Å². The van der Waals surface area contributed by atoms with E-state index < -0.39 is 0 Å². The molecule has 0 atom stereocenters. The van der Waals surface area contributed by atoms with E-state index in [0.29, 0.717) is 0 Å². The first-order valence-electron chi connectivity index (χ1n) is 15.4. The number of allylic oxidation sites excluding steroid dienone is 1. The second kappa shape index (κ2) is 18.9. The van der Waals surface area contributed by atoms with E-state index in [-0.39, 0.29) is 0 Å². The standard InChI is InChI=1S/C35H54N2/c1-6-10-13-15-16-18-20-33-27-30(22-23-31(33)9-4)26-29(5)36-37-35-25-24-32(19-12-8-3)34(28-35)21-17-14-11-7-2/h22-28H,6-21H2,1-5H3. The van der Waals surface area contributed by atoms with Crippen molar-refractivity contribution in [1.29, 1.82) is 0 Å². The van der Waals surface area contributed by atoms with Crippen LogP contribution in [0.5, 0.6) is 0 Å². The van der Waals surface area contributed by atoms with Crippen LogP contribution in [0.15, 0.2) is 52.3 Å². The Morgan fingerprint density at radius 1 is 0.595 bits per heavy atom. The Morgan fingerprint density at radius 2 is 1.16 bits per heavy atom. The molecule has 2 nitrogen and oxygen atoms in total. The average Bonchev–Trinajstić information content (AvgIpc) is 2.91. The highest BCUT2D eigenvalue weighted by Crippen LogP contribution is 2.24. The smallest absolute Gasteiger partial charge is 0.0859 e. The van der Waals surface area contributed by atoms with Crippen molar-refractivity contribution in [2.75, 3.05) is 0 Å². The molecule has 0 saturated heterocycles. The fourth-order valence-electron chi connectivity index (χ4n) is 5.08. The zero-order valence-corrected chi connectivity index (χ0v) is 24.7. The average molecular weight is 503 g/mol. The van der Waals surface area contributed by atoms with Gasteiger partial charge < -0.3 is 0 Å². The van der Waals surface area contributed by atoms with E-state index in [1.54, 1.807) is 0 Å². The number of azo groups is 1. The van der Waals surface area contributed by atoms with E-state index in [1.165, 1.54) is 118 Å². The summed E-state index contributed by atoms with van der Waals surface area (Å²) in [6.07, 6.45) is 22.5. The zero-order valence-electron chi connectivity index (χ0n) is 24.7. The molecule has 0 spiro atoms. The second-order valence-corrected chi connectivity index (χ2v) is 10.8. The number of nitrogens with zero attached hydrogens (tertiary/aromatic N) is 2. The summed E-state index contributed by atoms with van der Waals surface area (Å²) in [6, 6.07) is 13.6. The van der Waals surface area contributed by atoms with Crippen LogP contribution in [0.2, 0.25) is 0 Å². The van der Waals surface area contributed by atoms with Crippen LogP contribution in [0.25, 0.3) is 6.08 Å². The number of benzene rings is 2. The number of hydrogen-bond acceptors (Lipinski definition) is 2. The highest BCUT2D eigenvalue weighted by molar-refractivity contribution is 5.54. The second-order valence-electron chi connectivity index (χ2n) is 10.8. The van der Waals surface area contributed by atoms with Gasteiger partial charge in [0.15, 0.2) is 0 Å². The van der Waals surface area contributed by atoms with Crippen molar-refractivity contribution >= 4 is 11.8 Å².